The predicted molar refractivity (Wildman–Crippen MR) is 123 cm³/mol. The molecule has 3 rings (SSSR count). The van der Waals surface area contributed by atoms with E-state index in [1.54, 1.807) is 30.9 Å². The number of anilines is 1. The van der Waals surface area contributed by atoms with Gasteiger partial charge in [-0.2, -0.15) is 0 Å². The molecule has 10 heteroatoms. The summed E-state index contributed by atoms with van der Waals surface area (Å²) >= 11 is 0.970. The summed E-state index contributed by atoms with van der Waals surface area (Å²) in [6.07, 6.45) is 0. The Morgan fingerprint density at radius 2 is 1.61 bits per heavy atom. The lowest BCUT2D eigenvalue weighted by atomic mass is 10.1. The Kier molecular flexibility index (Phi) is 7.27. The predicted octanol–water partition coefficient (Wildman–Crippen LogP) is 2.95. The molecule has 0 bridgehead atoms. The number of nitrogens with one attached hydrogen (secondary N) is 1. The summed E-state index contributed by atoms with van der Waals surface area (Å²) in [5.74, 6) is -2.71. The van der Waals surface area contributed by atoms with Crippen LogP contribution >= 0.6 is 11.3 Å². The summed E-state index contributed by atoms with van der Waals surface area (Å²) in [6.45, 7) is 7.55. The van der Waals surface area contributed by atoms with E-state index >= 15 is 0 Å². The normalized spacial score (nSPS) is 12.5. The molecule has 33 heavy (non-hydrogen) atoms. The van der Waals surface area contributed by atoms with Crippen molar-refractivity contribution in [3.63, 3.8) is 0 Å². The number of imide groups is 1. The van der Waals surface area contributed by atoms with E-state index in [1.807, 2.05) is 13.8 Å². The molecule has 0 unspecified atom stereocenters. The number of benzene rings is 1. The van der Waals surface area contributed by atoms with Gasteiger partial charge in [0.2, 0.25) is 5.91 Å². The third-order valence-electron chi connectivity index (χ3n) is 5.30. The van der Waals surface area contributed by atoms with Gasteiger partial charge >= 0.3 is 5.97 Å². The van der Waals surface area contributed by atoms with Crippen LogP contribution in [-0.4, -0.2) is 65.6 Å². The highest BCUT2D eigenvalue weighted by molar-refractivity contribution is 7.18. The third-order valence-corrected chi connectivity index (χ3v) is 6.50. The molecule has 0 aliphatic carbocycles. The Morgan fingerprint density at radius 3 is 2.12 bits per heavy atom. The Morgan fingerprint density at radius 1 is 1.03 bits per heavy atom. The second-order valence-corrected chi connectivity index (χ2v) is 8.27. The minimum absolute atomic E-state index is 0.0908. The topological polar surface area (TPSA) is 113 Å². The zero-order valence-corrected chi connectivity index (χ0v) is 19.7. The summed E-state index contributed by atoms with van der Waals surface area (Å²) in [4.78, 5) is 66.2. The van der Waals surface area contributed by atoms with Gasteiger partial charge in [-0.3, -0.25) is 24.1 Å². The summed E-state index contributed by atoms with van der Waals surface area (Å²) in [5.41, 5.74) is 0.975. The number of amides is 4. The summed E-state index contributed by atoms with van der Waals surface area (Å²) < 4.78 is 5.12. The number of rotatable bonds is 8. The first-order valence-electron chi connectivity index (χ1n) is 10.6. The van der Waals surface area contributed by atoms with Crippen molar-refractivity contribution in [2.45, 2.75) is 27.7 Å². The molecule has 0 saturated carbocycles. The van der Waals surface area contributed by atoms with E-state index in [2.05, 4.69) is 5.32 Å². The van der Waals surface area contributed by atoms with Gasteiger partial charge in [-0.15, -0.1) is 11.3 Å². The van der Waals surface area contributed by atoms with Crippen LogP contribution in [0.2, 0.25) is 0 Å². The van der Waals surface area contributed by atoms with Crippen molar-refractivity contribution >= 4 is 45.9 Å². The molecule has 0 saturated heterocycles. The number of esters is 1. The van der Waals surface area contributed by atoms with Crippen LogP contribution in [-0.2, 0) is 9.53 Å². The molecule has 2 aromatic rings. The van der Waals surface area contributed by atoms with Gasteiger partial charge in [0.15, 0.2) is 0 Å². The Labute approximate surface area is 195 Å². The monoisotopic (exact) mass is 471 g/mol. The fraction of sp³-hybridized carbons (Fsp3) is 0.348. The second kappa shape index (κ2) is 9.95. The van der Waals surface area contributed by atoms with Crippen LogP contribution in [0.4, 0.5) is 5.00 Å². The molecule has 4 amide bonds. The molecule has 0 atom stereocenters. The maximum absolute atomic E-state index is 12.9. The molecule has 1 aromatic heterocycles. The molecular weight excluding hydrogens is 446 g/mol. The van der Waals surface area contributed by atoms with Gasteiger partial charge in [0.1, 0.15) is 11.5 Å². The van der Waals surface area contributed by atoms with Crippen molar-refractivity contribution in [3.8, 4) is 0 Å². The highest BCUT2D eigenvalue weighted by atomic mass is 32.1. The Hall–Kier alpha value is -3.53. The van der Waals surface area contributed by atoms with Crippen molar-refractivity contribution < 1.29 is 28.7 Å². The zero-order chi connectivity index (χ0) is 24.3. The highest BCUT2D eigenvalue weighted by Crippen LogP contribution is 2.35. The van der Waals surface area contributed by atoms with Gasteiger partial charge < -0.3 is 15.0 Å². The van der Waals surface area contributed by atoms with Crippen LogP contribution < -0.4 is 5.32 Å². The number of ether oxygens (including phenoxy) is 1. The summed E-state index contributed by atoms with van der Waals surface area (Å²) in [5, 5.41) is 2.74. The lowest BCUT2D eigenvalue weighted by molar-refractivity contribution is -0.116. The summed E-state index contributed by atoms with van der Waals surface area (Å²) in [7, 11) is 0. The molecule has 1 aliphatic heterocycles. The standard InChI is InChI=1S/C23H25N3O6S/c1-5-25(6-2)22(30)18-13(4)17(23(31)32-7-3)19(33-18)24-16(27)12-26-20(28)14-10-8-9-11-15(14)21(26)29/h8-11H,5-7,12H2,1-4H3,(H,24,27). The maximum Gasteiger partial charge on any atom is 0.341 e. The molecule has 0 fully saturated rings. The van der Waals surface area contributed by atoms with E-state index in [9.17, 15) is 24.0 Å². The largest absolute Gasteiger partial charge is 0.462 e. The van der Waals surface area contributed by atoms with Crippen LogP contribution in [0.5, 0.6) is 0 Å². The van der Waals surface area contributed by atoms with Crippen molar-refractivity contribution in [1.82, 2.24) is 9.80 Å². The quantitative estimate of drug-likeness (QED) is 0.468. The van der Waals surface area contributed by atoms with Crippen molar-refractivity contribution in [1.29, 1.82) is 0 Å². The minimum Gasteiger partial charge on any atom is -0.462 e. The zero-order valence-electron chi connectivity index (χ0n) is 18.9. The molecule has 0 radical (unpaired) electrons. The number of fused-ring (bicyclic) bond motifs is 1. The number of carbonyl (C=O) groups is 5. The minimum atomic E-state index is -0.668. The van der Waals surface area contributed by atoms with Crippen LogP contribution in [0.25, 0.3) is 0 Å². The van der Waals surface area contributed by atoms with E-state index in [1.165, 1.54) is 12.1 Å². The SMILES string of the molecule is CCOC(=O)c1c(NC(=O)CN2C(=O)c3ccccc3C2=O)sc(C(=O)N(CC)CC)c1C. The number of nitrogens with zero attached hydrogens (tertiary/aromatic N) is 2. The Balaban J connectivity index is 1.88. The van der Waals surface area contributed by atoms with Gasteiger partial charge in [-0.1, -0.05) is 12.1 Å². The Bertz CT molecular complexity index is 1100. The van der Waals surface area contributed by atoms with Crippen LogP contribution in [0.15, 0.2) is 24.3 Å². The third kappa shape index (κ3) is 4.51. The number of thiophene rings is 1. The number of hydrogen-bond acceptors (Lipinski definition) is 7. The van der Waals surface area contributed by atoms with E-state index < -0.39 is 30.2 Å². The number of hydrogen-bond donors (Lipinski definition) is 1. The van der Waals surface area contributed by atoms with Gasteiger partial charge in [-0.05, 0) is 45.4 Å². The fourth-order valence-corrected chi connectivity index (χ4v) is 4.78. The molecule has 2 heterocycles. The van der Waals surface area contributed by atoms with Crippen LogP contribution in [0, 0.1) is 6.92 Å². The van der Waals surface area contributed by atoms with Crippen LogP contribution in [0.1, 0.15) is 67.1 Å². The first kappa shape index (κ1) is 24.1. The molecule has 0 spiro atoms. The van der Waals surface area contributed by atoms with E-state index in [0.717, 1.165) is 16.2 Å². The van der Waals surface area contributed by atoms with Gasteiger partial charge in [-0.25, -0.2) is 4.79 Å². The van der Waals surface area contributed by atoms with Gasteiger partial charge in [0.05, 0.1) is 28.2 Å². The van der Waals surface area contributed by atoms with Crippen LogP contribution in [0.3, 0.4) is 0 Å². The molecular formula is C23H25N3O6S. The molecule has 1 aliphatic rings. The maximum atomic E-state index is 12.9. The lowest BCUT2D eigenvalue weighted by Gasteiger charge is -2.18. The second-order valence-electron chi connectivity index (χ2n) is 7.25. The van der Waals surface area contributed by atoms with Crippen molar-refractivity contribution in [2.75, 3.05) is 31.6 Å². The molecule has 1 N–H and O–H groups in total. The molecule has 174 valence electrons. The number of carbonyl (C=O) groups excluding carboxylic acids is 5. The smallest absolute Gasteiger partial charge is 0.341 e. The van der Waals surface area contributed by atoms with Crippen molar-refractivity contribution in [2.24, 2.45) is 0 Å². The average Bonchev–Trinajstić information content (AvgIpc) is 3.24. The fourth-order valence-electron chi connectivity index (χ4n) is 3.60. The summed E-state index contributed by atoms with van der Waals surface area (Å²) in [6, 6.07) is 6.34. The van der Waals surface area contributed by atoms with Gasteiger partial charge in [0, 0.05) is 13.1 Å². The highest BCUT2D eigenvalue weighted by Gasteiger charge is 2.37. The van der Waals surface area contributed by atoms with E-state index in [-0.39, 0.29) is 34.2 Å². The molecule has 1 aromatic carbocycles. The average molecular weight is 472 g/mol. The first-order valence-corrected chi connectivity index (χ1v) is 11.4. The molecule has 9 nitrogen and oxygen atoms in total. The first-order chi connectivity index (χ1) is 15.7. The van der Waals surface area contributed by atoms with E-state index in [4.69, 9.17) is 4.74 Å². The lowest BCUT2D eigenvalue weighted by Crippen LogP contribution is -2.37. The van der Waals surface area contributed by atoms with Crippen molar-refractivity contribution in [3.05, 3.63) is 51.4 Å². The van der Waals surface area contributed by atoms with E-state index in [0.29, 0.717) is 23.5 Å². The van der Waals surface area contributed by atoms with Gasteiger partial charge in [0.25, 0.3) is 17.7 Å².